The third-order valence-corrected chi connectivity index (χ3v) is 2.80. The molecule has 1 aromatic carbocycles. The van der Waals surface area contributed by atoms with Gasteiger partial charge in [0.05, 0.1) is 6.54 Å². The molecule has 1 amide bonds. The van der Waals surface area contributed by atoms with Gasteiger partial charge in [0, 0.05) is 12.6 Å². The summed E-state index contributed by atoms with van der Waals surface area (Å²) in [4.78, 5) is 11.1. The molecule has 0 fully saturated rings. The highest BCUT2D eigenvalue weighted by atomic mass is 35.5. The van der Waals surface area contributed by atoms with Crippen LogP contribution in [0.5, 0.6) is 0 Å². The summed E-state index contributed by atoms with van der Waals surface area (Å²) in [6.45, 7) is 0.321. The lowest BCUT2D eigenvalue weighted by molar-refractivity contribution is -0.118. The number of benzene rings is 1. The molecule has 0 bridgehead atoms. The first-order valence-corrected chi connectivity index (χ1v) is 6.02. The van der Waals surface area contributed by atoms with Gasteiger partial charge in [-0.15, -0.1) is 21.8 Å². The topological polar surface area (TPSA) is 59.8 Å². The van der Waals surface area contributed by atoms with Crippen molar-refractivity contribution < 1.29 is 4.79 Å². The summed E-state index contributed by atoms with van der Waals surface area (Å²) < 4.78 is 1.85. The zero-order valence-electron chi connectivity index (χ0n) is 9.93. The van der Waals surface area contributed by atoms with Gasteiger partial charge in [0.25, 0.3) is 0 Å². The number of carbonyl (C=O) groups is 1. The van der Waals surface area contributed by atoms with Gasteiger partial charge in [0.1, 0.15) is 5.88 Å². The highest BCUT2D eigenvalue weighted by Crippen LogP contribution is 2.16. The van der Waals surface area contributed by atoms with Crippen LogP contribution in [0, 0.1) is 0 Å². The molecule has 6 heteroatoms. The van der Waals surface area contributed by atoms with Crippen LogP contribution < -0.4 is 5.32 Å². The van der Waals surface area contributed by atoms with Gasteiger partial charge >= 0.3 is 0 Å². The Morgan fingerprint density at radius 1 is 1.33 bits per heavy atom. The molecule has 2 rings (SSSR count). The number of aromatic nitrogens is 3. The van der Waals surface area contributed by atoms with E-state index in [-0.39, 0.29) is 11.8 Å². The highest BCUT2D eigenvalue weighted by molar-refractivity contribution is 6.27. The average Bonchev–Trinajstić information content (AvgIpc) is 2.78. The van der Waals surface area contributed by atoms with Gasteiger partial charge in [0.2, 0.25) is 5.91 Å². The Bertz CT molecular complexity index is 538. The summed E-state index contributed by atoms with van der Waals surface area (Å²) >= 11 is 5.40. The summed E-state index contributed by atoms with van der Waals surface area (Å²) in [6.07, 6.45) is 0. The van der Waals surface area contributed by atoms with Crippen molar-refractivity contribution in [1.29, 1.82) is 0 Å². The maximum absolute atomic E-state index is 11.1. The van der Waals surface area contributed by atoms with Crippen molar-refractivity contribution in [1.82, 2.24) is 20.1 Å². The molecule has 0 aliphatic carbocycles. The number of nitrogens with one attached hydrogen (secondary N) is 1. The van der Waals surface area contributed by atoms with E-state index >= 15 is 0 Å². The minimum atomic E-state index is -0.221. The first-order chi connectivity index (χ1) is 8.72. The Hall–Kier alpha value is -1.88. The molecule has 0 radical (unpaired) electrons. The van der Waals surface area contributed by atoms with Crippen LogP contribution in [0.25, 0.3) is 11.4 Å². The zero-order chi connectivity index (χ0) is 13.0. The number of amides is 1. The van der Waals surface area contributed by atoms with E-state index in [0.717, 1.165) is 11.4 Å². The number of nitrogens with zero attached hydrogens (tertiary/aromatic N) is 3. The Morgan fingerprint density at radius 3 is 2.72 bits per heavy atom. The molecule has 0 atom stereocenters. The fraction of sp³-hybridized carbons (Fsp3) is 0.250. The number of carbonyl (C=O) groups excluding carboxylic acids is 1. The van der Waals surface area contributed by atoms with Crippen LogP contribution in [-0.4, -0.2) is 26.6 Å². The van der Waals surface area contributed by atoms with Gasteiger partial charge in [-0.1, -0.05) is 30.3 Å². The second-order valence-corrected chi connectivity index (χ2v) is 4.04. The SMILES string of the molecule is Cn1c(CNC(=O)CCl)nnc1-c1ccccc1. The Morgan fingerprint density at radius 2 is 2.06 bits per heavy atom. The van der Waals surface area contributed by atoms with Crippen molar-refractivity contribution in [3.8, 4) is 11.4 Å². The molecular formula is C12H13ClN4O. The minimum Gasteiger partial charge on any atom is -0.348 e. The molecule has 0 spiro atoms. The highest BCUT2D eigenvalue weighted by Gasteiger charge is 2.10. The fourth-order valence-electron chi connectivity index (χ4n) is 1.58. The van der Waals surface area contributed by atoms with E-state index in [1.165, 1.54) is 0 Å². The van der Waals surface area contributed by atoms with Crippen molar-refractivity contribution in [2.24, 2.45) is 7.05 Å². The second kappa shape index (κ2) is 5.64. The maximum Gasteiger partial charge on any atom is 0.235 e. The Balaban J connectivity index is 2.17. The molecule has 18 heavy (non-hydrogen) atoms. The fourth-order valence-corrected chi connectivity index (χ4v) is 1.67. The molecule has 94 valence electrons. The van der Waals surface area contributed by atoms with E-state index in [9.17, 15) is 4.79 Å². The van der Waals surface area contributed by atoms with Crippen molar-refractivity contribution in [2.75, 3.05) is 5.88 Å². The summed E-state index contributed by atoms with van der Waals surface area (Å²) in [5.74, 6) is 1.18. The van der Waals surface area contributed by atoms with Crippen molar-refractivity contribution in [3.63, 3.8) is 0 Å². The molecule has 5 nitrogen and oxygen atoms in total. The third kappa shape index (κ3) is 2.68. The summed E-state index contributed by atoms with van der Waals surface area (Å²) in [5, 5.41) is 10.8. The number of rotatable bonds is 4. The molecule has 2 aromatic rings. The van der Waals surface area contributed by atoms with Crippen LogP contribution in [0.2, 0.25) is 0 Å². The molecule has 0 unspecified atom stereocenters. The van der Waals surface area contributed by atoms with Gasteiger partial charge in [-0.25, -0.2) is 0 Å². The van der Waals surface area contributed by atoms with E-state index < -0.39 is 0 Å². The summed E-state index contributed by atoms with van der Waals surface area (Å²) in [5.41, 5.74) is 0.988. The number of hydrogen-bond donors (Lipinski definition) is 1. The van der Waals surface area contributed by atoms with E-state index in [1.54, 1.807) is 0 Å². The van der Waals surface area contributed by atoms with Crippen molar-refractivity contribution in [2.45, 2.75) is 6.54 Å². The lowest BCUT2D eigenvalue weighted by Gasteiger charge is -2.04. The van der Waals surface area contributed by atoms with Crippen LogP contribution >= 0.6 is 11.6 Å². The Kier molecular flexibility index (Phi) is 3.94. The predicted molar refractivity (Wildman–Crippen MR) is 69.0 cm³/mol. The lowest BCUT2D eigenvalue weighted by Crippen LogP contribution is -2.25. The largest absolute Gasteiger partial charge is 0.348 e. The van der Waals surface area contributed by atoms with E-state index in [2.05, 4.69) is 15.5 Å². The zero-order valence-corrected chi connectivity index (χ0v) is 10.7. The molecule has 0 aliphatic rings. The van der Waals surface area contributed by atoms with E-state index in [1.807, 2.05) is 41.9 Å². The average molecular weight is 265 g/mol. The number of alkyl halides is 1. The van der Waals surface area contributed by atoms with Crippen molar-refractivity contribution >= 4 is 17.5 Å². The van der Waals surface area contributed by atoms with Gasteiger partial charge < -0.3 is 9.88 Å². The van der Waals surface area contributed by atoms with Gasteiger partial charge in [-0.3, -0.25) is 4.79 Å². The second-order valence-electron chi connectivity index (χ2n) is 3.78. The monoisotopic (exact) mass is 264 g/mol. The van der Waals surface area contributed by atoms with Crippen LogP contribution in [0.3, 0.4) is 0 Å². The molecule has 0 saturated heterocycles. The van der Waals surface area contributed by atoms with Gasteiger partial charge in [-0.2, -0.15) is 0 Å². The van der Waals surface area contributed by atoms with Crippen LogP contribution in [0.4, 0.5) is 0 Å². The Labute approximate surface area is 110 Å². The predicted octanol–water partition coefficient (Wildman–Crippen LogP) is 1.34. The normalized spacial score (nSPS) is 10.3. The van der Waals surface area contributed by atoms with Gasteiger partial charge in [0.15, 0.2) is 11.6 Å². The lowest BCUT2D eigenvalue weighted by atomic mass is 10.2. The number of hydrogen-bond acceptors (Lipinski definition) is 3. The quantitative estimate of drug-likeness (QED) is 0.848. The molecule has 0 saturated carbocycles. The smallest absolute Gasteiger partial charge is 0.235 e. The third-order valence-electron chi connectivity index (χ3n) is 2.56. The molecular weight excluding hydrogens is 252 g/mol. The minimum absolute atomic E-state index is 0.0522. The standard InChI is InChI=1S/C12H13ClN4O/c1-17-10(8-14-11(18)7-13)15-16-12(17)9-5-3-2-4-6-9/h2-6H,7-8H2,1H3,(H,14,18). The molecule has 1 aromatic heterocycles. The van der Waals surface area contributed by atoms with Crippen LogP contribution in [0.1, 0.15) is 5.82 Å². The van der Waals surface area contributed by atoms with Crippen LogP contribution in [-0.2, 0) is 18.4 Å². The van der Waals surface area contributed by atoms with Gasteiger partial charge in [-0.05, 0) is 0 Å². The first kappa shape index (κ1) is 12.6. The first-order valence-electron chi connectivity index (χ1n) is 5.48. The maximum atomic E-state index is 11.1. The molecule has 1 N–H and O–H groups in total. The van der Waals surface area contributed by atoms with E-state index in [0.29, 0.717) is 12.4 Å². The summed E-state index contributed by atoms with van der Waals surface area (Å²) in [7, 11) is 1.87. The summed E-state index contributed by atoms with van der Waals surface area (Å²) in [6, 6.07) is 9.76. The van der Waals surface area contributed by atoms with Crippen molar-refractivity contribution in [3.05, 3.63) is 36.2 Å². The van der Waals surface area contributed by atoms with Crippen LogP contribution in [0.15, 0.2) is 30.3 Å². The van der Waals surface area contributed by atoms with E-state index in [4.69, 9.17) is 11.6 Å². The molecule has 1 heterocycles. The molecule has 0 aliphatic heterocycles. The number of halogens is 1.